The quantitative estimate of drug-likeness (QED) is 0.686. The number of hydrogen-bond donors (Lipinski definition) is 0. The standard InChI is InChI=1S/C12H15BrO/c1-6-5-10-9(4)11(13)7(2)8(3)12(10)14-6/h6H,5H2,1-4H3/t6-/m1/s1. The van der Waals surface area contributed by atoms with E-state index in [-0.39, 0.29) is 0 Å². The zero-order chi connectivity index (χ0) is 10.5. The highest BCUT2D eigenvalue weighted by Gasteiger charge is 2.25. The fourth-order valence-electron chi connectivity index (χ4n) is 2.08. The van der Waals surface area contributed by atoms with Crippen LogP contribution in [0.2, 0.25) is 0 Å². The van der Waals surface area contributed by atoms with Crippen LogP contribution in [0.5, 0.6) is 5.75 Å². The topological polar surface area (TPSA) is 9.23 Å². The predicted octanol–water partition coefficient (Wildman–Crippen LogP) is 3.70. The zero-order valence-corrected chi connectivity index (χ0v) is 10.7. The van der Waals surface area contributed by atoms with Gasteiger partial charge < -0.3 is 4.74 Å². The van der Waals surface area contributed by atoms with Crippen LogP contribution in [0.4, 0.5) is 0 Å². The lowest BCUT2D eigenvalue weighted by Gasteiger charge is -2.13. The van der Waals surface area contributed by atoms with Crippen LogP contribution >= 0.6 is 15.9 Å². The highest BCUT2D eigenvalue weighted by molar-refractivity contribution is 9.10. The lowest BCUT2D eigenvalue weighted by atomic mass is 9.98. The summed E-state index contributed by atoms with van der Waals surface area (Å²) in [6.07, 6.45) is 1.37. The molecular formula is C12H15BrO. The monoisotopic (exact) mass is 254 g/mol. The first-order valence-corrected chi connectivity index (χ1v) is 5.76. The van der Waals surface area contributed by atoms with Crippen LogP contribution < -0.4 is 4.74 Å². The highest BCUT2D eigenvalue weighted by Crippen LogP contribution is 2.40. The van der Waals surface area contributed by atoms with Crippen molar-refractivity contribution in [3.05, 3.63) is 26.7 Å². The van der Waals surface area contributed by atoms with Gasteiger partial charge in [-0.2, -0.15) is 0 Å². The van der Waals surface area contributed by atoms with E-state index in [1.807, 2.05) is 0 Å². The van der Waals surface area contributed by atoms with Crippen molar-refractivity contribution in [1.82, 2.24) is 0 Å². The van der Waals surface area contributed by atoms with E-state index < -0.39 is 0 Å². The Morgan fingerprint density at radius 2 is 1.79 bits per heavy atom. The summed E-state index contributed by atoms with van der Waals surface area (Å²) in [6.45, 7) is 8.56. The third kappa shape index (κ3) is 1.28. The Hall–Kier alpha value is -0.500. The Bertz CT molecular complexity index is 359. The van der Waals surface area contributed by atoms with E-state index in [4.69, 9.17) is 4.74 Å². The van der Waals surface area contributed by atoms with Crippen molar-refractivity contribution in [3.63, 3.8) is 0 Å². The summed E-state index contributed by atoms with van der Waals surface area (Å²) in [7, 11) is 0. The summed E-state index contributed by atoms with van der Waals surface area (Å²) < 4.78 is 7.08. The molecule has 1 aromatic carbocycles. The fraction of sp³-hybridized carbons (Fsp3) is 0.500. The molecule has 0 saturated heterocycles. The summed E-state index contributed by atoms with van der Waals surface area (Å²) in [5, 5.41) is 0. The summed E-state index contributed by atoms with van der Waals surface area (Å²) in [6, 6.07) is 0. The molecule has 0 aromatic heterocycles. The molecule has 0 unspecified atom stereocenters. The second-order valence-corrected chi connectivity index (χ2v) is 4.92. The van der Waals surface area contributed by atoms with Gasteiger partial charge in [0.1, 0.15) is 11.9 Å². The fourth-order valence-corrected chi connectivity index (χ4v) is 2.62. The Kier molecular flexibility index (Phi) is 2.34. The normalized spacial score (nSPS) is 19.4. The predicted molar refractivity (Wildman–Crippen MR) is 62.1 cm³/mol. The molecule has 0 saturated carbocycles. The molecule has 0 spiro atoms. The average Bonchev–Trinajstić information content (AvgIpc) is 2.54. The summed E-state index contributed by atoms with van der Waals surface area (Å²) in [4.78, 5) is 0. The smallest absolute Gasteiger partial charge is 0.126 e. The van der Waals surface area contributed by atoms with Crippen LogP contribution in [-0.4, -0.2) is 6.10 Å². The van der Waals surface area contributed by atoms with Crippen LogP contribution in [0.1, 0.15) is 29.2 Å². The average molecular weight is 255 g/mol. The zero-order valence-electron chi connectivity index (χ0n) is 9.07. The van der Waals surface area contributed by atoms with Gasteiger partial charge >= 0.3 is 0 Å². The van der Waals surface area contributed by atoms with Crippen LogP contribution in [0, 0.1) is 20.8 Å². The van der Waals surface area contributed by atoms with Crippen molar-refractivity contribution in [2.24, 2.45) is 0 Å². The van der Waals surface area contributed by atoms with Crippen LogP contribution in [0.15, 0.2) is 4.47 Å². The van der Waals surface area contributed by atoms with E-state index in [0.29, 0.717) is 6.10 Å². The molecule has 2 rings (SSSR count). The van der Waals surface area contributed by atoms with Gasteiger partial charge in [-0.15, -0.1) is 0 Å². The number of ether oxygens (including phenoxy) is 1. The second-order valence-electron chi connectivity index (χ2n) is 4.13. The van der Waals surface area contributed by atoms with Crippen LogP contribution in [0.25, 0.3) is 0 Å². The van der Waals surface area contributed by atoms with Crippen LogP contribution in [-0.2, 0) is 6.42 Å². The van der Waals surface area contributed by atoms with Crippen molar-refractivity contribution in [2.45, 2.75) is 40.2 Å². The van der Waals surface area contributed by atoms with Crippen molar-refractivity contribution < 1.29 is 4.74 Å². The minimum atomic E-state index is 0.330. The van der Waals surface area contributed by atoms with Gasteiger partial charge in [-0.1, -0.05) is 15.9 Å². The second kappa shape index (κ2) is 3.27. The Morgan fingerprint density at radius 3 is 2.43 bits per heavy atom. The van der Waals surface area contributed by atoms with Crippen LogP contribution in [0.3, 0.4) is 0 Å². The first-order chi connectivity index (χ1) is 6.52. The van der Waals surface area contributed by atoms with E-state index in [0.717, 1.165) is 12.2 Å². The van der Waals surface area contributed by atoms with Crippen molar-refractivity contribution in [3.8, 4) is 5.75 Å². The number of fused-ring (bicyclic) bond motifs is 1. The maximum Gasteiger partial charge on any atom is 0.126 e. The van der Waals surface area contributed by atoms with Gasteiger partial charge in [0.05, 0.1) is 0 Å². The molecule has 0 N–H and O–H groups in total. The van der Waals surface area contributed by atoms with Gasteiger partial charge in [-0.3, -0.25) is 0 Å². The molecule has 0 aliphatic carbocycles. The van der Waals surface area contributed by atoms with Gasteiger partial charge in [0.15, 0.2) is 0 Å². The molecule has 76 valence electrons. The molecule has 2 heteroatoms. The molecule has 0 amide bonds. The Balaban J connectivity index is 2.70. The van der Waals surface area contributed by atoms with Gasteiger partial charge in [0.2, 0.25) is 0 Å². The maximum absolute atomic E-state index is 5.83. The number of hydrogen-bond acceptors (Lipinski definition) is 1. The largest absolute Gasteiger partial charge is 0.490 e. The first-order valence-electron chi connectivity index (χ1n) is 4.97. The highest BCUT2D eigenvalue weighted by atomic mass is 79.9. The molecule has 0 radical (unpaired) electrons. The van der Waals surface area contributed by atoms with Crippen molar-refractivity contribution in [1.29, 1.82) is 0 Å². The molecular weight excluding hydrogens is 240 g/mol. The molecule has 14 heavy (non-hydrogen) atoms. The van der Waals surface area contributed by atoms with E-state index in [2.05, 4.69) is 43.6 Å². The van der Waals surface area contributed by atoms with E-state index in [9.17, 15) is 0 Å². The minimum Gasteiger partial charge on any atom is -0.490 e. The maximum atomic E-state index is 5.83. The molecule has 1 aromatic rings. The molecule has 0 fully saturated rings. The number of rotatable bonds is 0. The summed E-state index contributed by atoms with van der Waals surface area (Å²) in [5.74, 6) is 1.12. The molecule has 1 aliphatic rings. The molecule has 1 atom stereocenters. The lowest BCUT2D eigenvalue weighted by Crippen LogP contribution is -2.05. The number of halogens is 1. The minimum absolute atomic E-state index is 0.330. The summed E-state index contributed by atoms with van der Waals surface area (Å²) in [5.41, 5.74) is 5.30. The van der Waals surface area contributed by atoms with Gasteiger partial charge in [-0.25, -0.2) is 0 Å². The van der Waals surface area contributed by atoms with E-state index in [1.165, 1.54) is 26.7 Å². The third-order valence-electron chi connectivity index (χ3n) is 3.10. The molecule has 0 bridgehead atoms. The van der Waals surface area contributed by atoms with E-state index in [1.54, 1.807) is 0 Å². The third-order valence-corrected chi connectivity index (χ3v) is 4.29. The van der Waals surface area contributed by atoms with Crippen molar-refractivity contribution >= 4 is 15.9 Å². The lowest BCUT2D eigenvalue weighted by molar-refractivity contribution is 0.253. The molecule has 1 nitrogen and oxygen atoms in total. The summed E-state index contributed by atoms with van der Waals surface area (Å²) >= 11 is 3.65. The number of benzene rings is 1. The van der Waals surface area contributed by atoms with E-state index >= 15 is 0 Å². The Labute approximate surface area is 93.6 Å². The van der Waals surface area contributed by atoms with Crippen molar-refractivity contribution in [2.75, 3.05) is 0 Å². The van der Waals surface area contributed by atoms with Gasteiger partial charge in [0, 0.05) is 16.5 Å². The molecule has 1 aliphatic heterocycles. The molecule has 1 heterocycles. The van der Waals surface area contributed by atoms with Gasteiger partial charge in [-0.05, 0) is 44.4 Å². The SMILES string of the molecule is Cc1c(C)c2c(c(C)c1Br)C[C@@H](C)O2. The first kappa shape index (κ1) is 10.0. The van der Waals surface area contributed by atoms with Gasteiger partial charge in [0.25, 0.3) is 0 Å². The Morgan fingerprint density at radius 1 is 1.14 bits per heavy atom.